The van der Waals surface area contributed by atoms with Crippen molar-refractivity contribution in [2.75, 3.05) is 13.2 Å². The van der Waals surface area contributed by atoms with Crippen LogP contribution in [0.1, 0.15) is 16.1 Å². The van der Waals surface area contributed by atoms with Crippen LogP contribution in [0, 0.1) is 6.92 Å². The second-order valence-electron chi connectivity index (χ2n) is 6.23. The summed E-state index contributed by atoms with van der Waals surface area (Å²) in [5, 5.41) is 17.9. The fourth-order valence-electron chi connectivity index (χ4n) is 2.64. The number of para-hydroxylation sites is 1. The zero-order chi connectivity index (χ0) is 21.0. The van der Waals surface area contributed by atoms with Crippen molar-refractivity contribution < 1.29 is 14.6 Å². The quantitative estimate of drug-likeness (QED) is 0.558. The molecule has 1 aromatic heterocycles. The van der Waals surface area contributed by atoms with E-state index < -0.39 is 12.0 Å². The van der Waals surface area contributed by atoms with Gasteiger partial charge in [-0.2, -0.15) is 5.10 Å². The summed E-state index contributed by atoms with van der Waals surface area (Å²) in [6.07, 6.45) is -0.961. The van der Waals surface area contributed by atoms with Crippen molar-refractivity contribution in [2.45, 2.75) is 13.0 Å². The Balaban J connectivity index is 1.61. The zero-order valence-electron chi connectivity index (χ0n) is 15.4. The summed E-state index contributed by atoms with van der Waals surface area (Å²) in [4.78, 5) is 12.6. The average molecular weight is 455 g/mol. The molecule has 0 unspecified atom stereocenters. The fraction of sp³-hybridized carbons (Fsp3) is 0.200. The first kappa shape index (κ1) is 21.5. The van der Waals surface area contributed by atoms with Crippen molar-refractivity contribution in [3.05, 3.63) is 75.0 Å². The molecule has 2 aromatic carbocycles. The molecular formula is C20H18Cl3N3O3. The van der Waals surface area contributed by atoms with Crippen LogP contribution in [0.3, 0.4) is 0 Å². The summed E-state index contributed by atoms with van der Waals surface area (Å²) in [7, 11) is 0. The number of ether oxygens (including phenoxy) is 1. The first-order valence-corrected chi connectivity index (χ1v) is 9.85. The van der Waals surface area contributed by atoms with E-state index in [9.17, 15) is 9.90 Å². The number of aryl methyl sites for hydroxylation is 1. The van der Waals surface area contributed by atoms with Crippen LogP contribution in [-0.4, -0.2) is 40.0 Å². The highest BCUT2D eigenvalue weighted by Crippen LogP contribution is 2.31. The minimum Gasteiger partial charge on any atom is -0.489 e. The lowest BCUT2D eigenvalue weighted by Gasteiger charge is -2.14. The largest absolute Gasteiger partial charge is 0.489 e. The SMILES string of the molecule is Cc1nn(-c2ccccc2)c(Cl)c1C(=O)NC[C@H](O)COc1cccc(Cl)c1Cl. The van der Waals surface area contributed by atoms with E-state index in [0.717, 1.165) is 5.69 Å². The summed E-state index contributed by atoms with van der Waals surface area (Å²) in [6, 6.07) is 14.2. The Bertz CT molecular complexity index is 1010. The van der Waals surface area contributed by atoms with Crippen molar-refractivity contribution in [1.82, 2.24) is 15.1 Å². The molecule has 0 saturated heterocycles. The first-order chi connectivity index (χ1) is 13.9. The highest BCUT2D eigenvalue weighted by molar-refractivity contribution is 6.42. The number of carbonyl (C=O) groups excluding carboxylic acids is 1. The predicted molar refractivity (Wildman–Crippen MR) is 114 cm³/mol. The highest BCUT2D eigenvalue weighted by Gasteiger charge is 2.21. The van der Waals surface area contributed by atoms with Gasteiger partial charge in [0.25, 0.3) is 5.91 Å². The number of nitrogens with zero attached hydrogens (tertiary/aromatic N) is 2. The lowest BCUT2D eigenvalue weighted by molar-refractivity contribution is 0.0843. The molecule has 0 bridgehead atoms. The molecule has 6 nitrogen and oxygen atoms in total. The van der Waals surface area contributed by atoms with E-state index in [2.05, 4.69) is 10.4 Å². The Morgan fingerprint density at radius 3 is 2.62 bits per heavy atom. The molecule has 0 saturated carbocycles. The number of hydrogen-bond acceptors (Lipinski definition) is 4. The van der Waals surface area contributed by atoms with Crippen LogP contribution in [0.25, 0.3) is 5.69 Å². The summed E-state index contributed by atoms with van der Waals surface area (Å²) in [6.45, 7) is 1.58. The van der Waals surface area contributed by atoms with Crippen LogP contribution in [0.4, 0.5) is 0 Å². The van der Waals surface area contributed by atoms with Gasteiger partial charge in [-0.15, -0.1) is 0 Å². The molecule has 1 atom stereocenters. The number of hydrogen-bond donors (Lipinski definition) is 2. The fourth-order valence-corrected chi connectivity index (χ4v) is 3.34. The molecule has 2 N–H and O–H groups in total. The summed E-state index contributed by atoms with van der Waals surface area (Å²) >= 11 is 18.3. The Labute approximate surface area is 183 Å². The number of halogens is 3. The van der Waals surface area contributed by atoms with Crippen LogP contribution in [-0.2, 0) is 0 Å². The van der Waals surface area contributed by atoms with Crippen molar-refractivity contribution in [3.63, 3.8) is 0 Å². The van der Waals surface area contributed by atoms with Gasteiger partial charge in [-0.05, 0) is 31.2 Å². The molecule has 0 aliphatic rings. The van der Waals surface area contributed by atoms with E-state index in [0.29, 0.717) is 16.5 Å². The monoisotopic (exact) mass is 453 g/mol. The molecule has 152 valence electrons. The number of carbonyl (C=O) groups is 1. The molecule has 1 heterocycles. The van der Waals surface area contributed by atoms with Gasteiger partial charge in [-0.3, -0.25) is 4.79 Å². The molecule has 0 spiro atoms. The van der Waals surface area contributed by atoms with Crippen molar-refractivity contribution >= 4 is 40.7 Å². The maximum atomic E-state index is 12.6. The van der Waals surface area contributed by atoms with Crippen LogP contribution in [0.5, 0.6) is 5.75 Å². The Kier molecular flexibility index (Phi) is 7.03. The minimum absolute atomic E-state index is 0.0384. The number of aromatic nitrogens is 2. The smallest absolute Gasteiger partial charge is 0.256 e. The van der Waals surface area contributed by atoms with Crippen molar-refractivity contribution in [2.24, 2.45) is 0 Å². The molecule has 3 rings (SSSR count). The first-order valence-electron chi connectivity index (χ1n) is 8.72. The Morgan fingerprint density at radius 1 is 1.17 bits per heavy atom. The van der Waals surface area contributed by atoms with E-state index in [4.69, 9.17) is 39.5 Å². The second kappa shape index (κ2) is 9.50. The van der Waals surface area contributed by atoms with Gasteiger partial charge >= 0.3 is 0 Å². The third-order valence-corrected chi connectivity index (χ3v) is 5.23. The molecule has 0 aliphatic carbocycles. The van der Waals surface area contributed by atoms with Gasteiger partial charge < -0.3 is 15.2 Å². The Hall–Kier alpha value is -2.25. The van der Waals surface area contributed by atoms with Crippen LogP contribution < -0.4 is 10.1 Å². The molecule has 9 heteroatoms. The average Bonchev–Trinajstić information content (AvgIpc) is 3.02. The number of amides is 1. The molecule has 0 aliphatic heterocycles. The van der Waals surface area contributed by atoms with Crippen molar-refractivity contribution in [1.29, 1.82) is 0 Å². The number of aliphatic hydroxyl groups is 1. The van der Waals surface area contributed by atoms with E-state index in [1.165, 1.54) is 4.68 Å². The maximum Gasteiger partial charge on any atom is 0.256 e. The number of nitrogens with one attached hydrogen (secondary N) is 1. The van der Waals surface area contributed by atoms with Gasteiger partial charge in [0.15, 0.2) is 0 Å². The third-order valence-electron chi connectivity index (χ3n) is 4.08. The molecular weight excluding hydrogens is 437 g/mol. The molecule has 3 aromatic rings. The van der Waals surface area contributed by atoms with Crippen molar-refractivity contribution in [3.8, 4) is 11.4 Å². The van der Waals surface area contributed by atoms with Gasteiger partial charge in [0.2, 0.25) is 0 Å². The molecule has 29 heavy (non-hydrogen) atoms. The van der Waals surface area contributed by atoms with Crippen LogP contribution in [0.15, 0.2) is 48.5 Å². The summed E-state index contributed by atoms with van der Waals surface area (Å²) < 4.78 is 6.96. The Morgan fingerprint density at radius 2 is 1.90 bits per heavy atom. The van der Waals surface area contributed by atoms with E-state index in [1.807, 2.05) is 30.3 Å². The van der Waals surface area contributed by atoms with Crippen LogP contribution >= 0.6 is 34.8 Å². The number of aliphatic hydroxyl groups excluding tert-OH is 1. The topological polar surface area (TPSA) is 76.4 Å². The summed E-state index contributed by atoms with van der Waals surface area (Å²) in [5.41, 5.74) is 1.47. The summed E-state index contributed by atoms with van der Waals surface area (Å²) in [5.74, 6) is -0.0814. The predicted octanol–water partition coefficient (Wildman–Crippen LogP) is 4.31. The van der Waals surface area contributed by atoms with Gasteiger partial charge in [0, 0.05) is 6.54 Å². The number of rotatable bonds is 7. The van der Waals surface area contributed by atoms with E-state index in [1.54, 1.807) is 25.1 Å². The zero-order valence-corrected chi connectivity index (χ0v) is 17.7. The molecule has 0 fully saturated rings. The maximum absolute atomic E-state index is 12.6. The normalized spacial score (nSPS) is 11.9. The standard InChI is InChI=1S/C20H18Cl3N3O3/c1-12-17(19(23)26(25-12)13-6-3-2-4-7-13)20(28)24-10-14(27)11-29-16-9-5-8-15(21)18(16)22/h2-9,14,27H,10-11H2,1H3,(H,24,28)/t14-/m0/s1. The van der Waals surface area contributed by atoms with E-state index >= 15 is 0 Å². The molecule has 1 amide bonds. The van der Waals surface area contributed by atoms with Gasteiger partial charge in [0.1, 0.15) is 28.6 Å². The van der Waals surface area contributed by atoms with E-state index in [-0.39, 0.29) is 28.9 Å². The van der Waals surface area contributed by atoms with Gasteiger partial charge in [-0.25, -0.2) is 4.68 Å². The highest BCUT2D eigenvalue weighted by atomic mass is 35.5. The van der Waals surface area contributed by atoms with Crippen LogP contribution in [0.2, 0.25) is 15.2 Å². The number of benzene rings is 2. The lowest BCUT2D eigenvalue weighted by atomic mass is 10.2. The van der Waals surface area contributed by atoms with Gasteiger partial charge in [0.05, 0.1) is 22.0 Å². The minimum atomic E-state index is -0.961. The second-order valence-corrected chi connectivity index (χ2v) is 7.37. The third kappa shape index (κ3) is 5.03. The lowest BCUT2D eigenvalue weighted by Crippen LogP contribution is -2.35. The molecule has 0 radical (unpaired) electrons. The van der Waals surface area contributed by atoms with Gasteiger partial charge in [-0.1, -0.05) is 59.1 Å².